The molecule has 4 aromatic carbocycles. The van der Waals surface area contributed by atoms with Crippen LogP contribution in [-0.4, -0.2) is 14.5 Å². The third-order valence-corrected chi connectivity index (χ3v) is 9.49. The fraction of sp³-hybridized carbons (Fsp3) is 0.0286. The zero-order valence-electron chi connectivity index (χ0n) is 20.9. The van der Waals surface area contributed by atoms with Gasteiger partial charge in [0.05, 0.1) is 33.5 Å². The molecule has 1 spiro atoms. The van der Waals surface area contributed by atoms with E-state index < -0.39 is 5.41 Å². The van der Waals surface area contributed by atoms with Crippen LogP contribution in [0.15, 0.2) is 137 Å². The monoisotopic (exact) mass is 515 g/mol. The Morgan fingerprint density at radius 2 is 1.08 bits per heavy atom. The molecule has 0 fully saturated rings. The highest BCUT2D eigenvalue weighted by molar-refractivity contribution is 7.99. The van der Waals surface area contributed by atoms with Gasteiger partial charge in [0.1, 0.15) is 0 Å². The molecule has 0 saturated carbocycles. The van der Waals surface area contributed by atoms with Crippen LogP contribution in [0.2, 0.25) is 0 Å². The van der Waals surface area contributed by atoms with Gasteiger partial charge in [0, 0.05) is 38.5 Å². The lowest BCUT2D eigenvalue weighted by atomic mass is 9.67. The number of rotatable bonds is 1. The summed E-state index contributed by atoms with van der Waals surface area (Å²) in [6.45, 7) is 0. The Labute approximate surface area is 229 Å². The van der Waals surface area contributed by atoms with Crippen LogP contribution >= 0.6 is 11.8 Å². The van der Waals surface area contributed by atoms with Crippen LogP contribution in [0.1, 0.15) is 22.3 Å². The summed E-state index contributed by atoms with van der Waals surface area (Å²) in [5, 5.41) is 2.53. The summed E-state index contributed by atoms with van der Waals surface area (Å²) in [5.74, 6) is 0. The minimum absolute atomic E-state index is 0.534. The molecule has 1 aliphatic heterocycles. The first-order valence-corrected chi connectivity index (χ1v) is 14.0. The molecule has 0 amide bonds. The quantitative estimate of drug-likeness (QED) is 0.220. The summed E-state index contributed by atoms with van der Waals surface area (Å²) in [6, 6.07) is 41.8. The van der Waals surface area contributed by atoms with Crippen LogP contribution in [0.3, 0.4) is 0 Å². The second kappa shape index (κ2) is 7.68. The van der Waals surface area contributed by atoms with E-state index in [4.69, 9.17) is 9.97 Å². The lowest BCUT2D eigenvalue weighted by molar-refractivity contribution is 0.713. The second-order valence-electron chi connectivity index (χ2n) is 10.2. The molecular weight excluding hydrogens is 494 g/mol. The Morgan fingerprint density at radius 3 is 1.77 bits per heavy atom. The Kier molecular flexibility index (Phi) is 4.19. The highest BCUT2D eigenvalue weighted by Crippen LogP contribution is 2.62. The minimum Gasteiger partial charge on any atom is -0.309 e. The van der Waals surface area contributed by atoms with Crippen molar-refractivity contribution >= 4 is 33.6 Å². The van der Waals surface area contributed by atoms with Crippen molar-refractivity contribution in [1.29, 1.82) is 0 Å². The Balaban J connectivity index is 1.51. The summed E-state index contributed by atoms with van der Waals surface area (Å²) in [5.41, 5.74) is 9.99. The largest absolute Gasteiger partial charge is 0.309 e. The van der Waals surface area contributed by atoms with Gasteiger partial charge in [-0.3, -0.25) is 9.97 Å². The van der Waals surface area contributed by atoms with Crippen LogP contribution in [0.25, 0.3) is 38.9 Å². The van der Waals surface area contributed by atoms with Crippen molar-refractivity contribution in [2.75, 3.05) is 0 Å². The number of nitrogens with zero attached hydrogens (tertiary/aromatic N) is 3. The Bertz CT molecular complexity index is 2020. The maximum Gasteiger partial charge on any atom is 0.0937 e. The molecule has 4 heteroatoms. The molecule has 3 nitrogen and oxygen atoms in total. The van der Waals surface area contributed by atoms with E-state index >= 15 is 0 Å². The van der Waals surface area contributed by atoms with Crippen LogP contribution in [0.4, 0.5) is 0 Å². The second-order valence-corrected chi connectivity index (χ2v) is 11.3. The van der Waals surface area contributed by atoms with Gasteiger partial charge in [-0.05, 0) is 59.2 Å². The van der Waals surface area contributed by atoms with Gasteiger partial charge in [0.25, 0.3) is 0 Å². The normalized spacial score (nSPS) is 14.3. The van der Waals surface area contributed by atoms with E-state index in [9.17, 15) is 0 Å². The highest BCUT2D eigenvalue weighted by Gasteiger charge is 2.52. The number of pyridine rings is 2. The molecule has 7 aromatic rings. The molecule has 9 rings (SSSR count). The lowest BCUT2D eigenvalue weighted by Crippen LogP contribution is -2.33. The standard InChI is InChI=1S/C35H21N3S/c1-4-15-27-22(10-1)23-11-2-5-16-28(23)38(27)29-17-7-19-31-32(29)35(24-12-3-6-18-30(24)39-31)25-13-8-20-36-33(25)34-26(35)14-9-21-37-34/h1-21H. The SMILES string of the molecule is c1ccc2c(c1)Sc1cccc(-n3c4ccccc4c4ccccc43)c1C21c2cccnc2-c2ncccc21. The van der Waals surface area contributed by atoms with Gasteiger partial charge in [-0.15, -0.1) is 0 Å². The van der Waals surface area contributed by atoms with E-state index in [0.29, 0.717) is 0 Å². The van der Waals surface area contributed by atoms with E-state index in [2.05, 4.69) is 120 Å². The van der Waals surface area contributed by atoms with Gasteiger partial charge in [-0.1, -0.05) is 84.6 Å². The highest BCUT2D eigenvalue weighted by atomic mass is 32.2. The van der Waals surface area contributed by atoms with E-state index in [1.54, 1.807) is 0 Å². The molecule has 0 atom stereocenters. The fourth-order valence-corrected chi connectivity index (χ4v) is 8.19. The zero-order valence-corrected chi connectivity index (χ0v) is 21.7. The third kappa shape index (κ3) is 2.59. The van der Waals surface area contributed by atoms with Crippen LogP contribution < -0.4 is 0 Å². The summed E-state index contributed by atoms with van der Waals surface area (Å²) >= 11 is 1.86. The average molecular weight is 516 g/mol. The van der Waals surface area contributed by atoms with E-state index in [1.807, 2.05) is 24.2 Å². The van der Waals surface area contributed by atoms with Crippen molar-refractivity contribution in [3.63, 3.8) is 0 Å². The van der Waals surface area contributed by atoms with E-state index in [-0.39, 0.29) is 0 Å². The summed E-state index contributed by atoms with van der Waals surface area (Å²) < 4.78 is 2.46. The summed E-state index contributed by atoms with van der Waals surface area (Å²) in [6.07, 6.45) is 3.78. The first-order chi connectivity index (χ1) is 19.4. The van der Waals surface area contributed by atoms with Crippen molar-refractivity contribution in [1.82, 2.24) is 14.5 Å². The van der Waals surface area contributed by atoms with Gasteiger partial charge in [0.2, 0.25) is 0 Å². The predicted octanol–water partition coefficient (Wildman–Crippen LogP) is 8.40. The fourth-order valence-electron chi connectivity index (χ4n) is 6.97. The molecule has 0 unspecified atom stereocenters. The van der Waals surface area contributed by atoms with Crippen LogP contribution in [0, 0.1) is 0 Å². The van der Waals surface area contributed by atoms with Gasteiger partial charge >= 0.3 is 0 Å². The number of aromatic nitrogens is 3. The summed E-state index contributed by atoms with van der Waals surface area (Å²) in [7, 11) is 0. The molecule has 0 N–H and O–H groups in total. The number of fused-ring (bicyclic) bond motifs is 12. The third-order valence-electron chi connectivity index (χ3n) is 8.36. The maximum absolute atomic E-state index is 4.91. The number of hydrogen-bond donors (Lipinski definition) is 0. The van der Waals surface area contributed by atoms with Crippen molar-refractivity contribution in [2.24, 2.45) is 0 Å². The van der Waals surface area contributed by atoms with Crippen LogP contribution in [-0.2, 0) is 5.41 Å². The van der Waals surface area contributed by atoms with Gasteiger partial charge in [0.15, 0.2) is 0 Å². The molecule has 4 heterocycles. The predicted molar refractivity (Wildman–Crippen MR) is 158 cm³/mol. The first-order valence-electron chi connectivity index (χ1n) is 13.2. The number of benzene rings is 4. The molecule has 3 aromatic heterocycles. The Morgan fingerprint density at radius 1 is 0.513 bits per heavy atom. The molecular formula is C35H21N3S. The zero-order chi connectivity index (χ0) is 25.6. The molecule has 182 valence electrons. The topological polar surface area (TPSA) is 30.7 Å². The molecule has 0 radical (unpaired) electrons. The average Bonchev–Trinajstić information content (AvgIpc) is 3.49. The first kappa shape index (κ1) is 21.3. The van der Waals surface area contributed by atoms with Gasteiger partial charge < -0.3 is 4.57 Å². The number of para-hydroxylation sites is 2. The molecule has 1 aliphatic carbocycles. The van der Waals surface area contributed by atoms with Crippen LogP contribution in [0.5, 0.6) is 0 Å². The molecule has 2 aliphatic rings. The lowest BCUT2D eigenvalue weighted by Gasteiger charge is -2.40. The summed E-state index contributed by atoms with van der Waals surface area (Å²) in [4.78, 5) is 12.4. The van der Waals surface area contributed by atoms with E-state index in [0.717, 1.165) is 11.4 Å². The van der Waals surface area contributed by atoms with Gasteiger partial charge in [-0.2, -0.15) is 0 Å². The van der Waals surface area contributed by atoms with Crippen molar-refractivity contribution in [2.45, 2.75) is 15.2 Å². The minimum atomic E-state index is -0.534. The van der Waals surface area contributed by atoms with Crippen molar-refractivity contribution < 1.29 is 0 Å². The Hall–Kier alpha value is -4.67. The van der Waals surface area contributed by atoms with E-state index in [1.165, 1.54) is 59.5 Å². The van der Waals surface area contributed by atoms with Crippen molar-refractivity contribution in [3.05, 3.63) is 150 Å². The number of hydrogen-bond acceptors (Lipinski definition) is 3. The van der Waals surface area contributed by atoms with Crippen molar-refractivity contribution in [3.8, 4) is 17.1 Å². The van der Waals surface area contributed by atoms with Gasteiger partial charge in [-0.25, -0.2) is 0 Å². The molecule has 39 heavy (non-hydrogen) atoms. The maximum atomic E-state index is 4.91. The molecule has 0 saturated heterocycles. The smallest absolute Gasteiger partial charge is 0.0937 e. The molecule has 0 bridgehead atoms.